The number of nitrogens with zero attached hydrogens (tertiary/aromatic N) is 1. The van der Waals surface area contributed by atoms with E-state index >= 15 is 0 Å². The molecule has 1 saturated heterocycles. The average Bonchev–Trinajstić information content (AvgIpc) is 2.80. The van der Waals surface area contributed by atoms with E-state index in [1.165, 1.54) is 5.56 Å². The number of morpholine rings is 1. The summed E-state index contributed by atoms with van der Waals surface area (Å²) in [5.74, 6) is 0.625. The molecular weight excluding hydrogens is 408 g/mol. The maximum Gasteiger partial charge on any atom is 0.254 e. The summed E-state index contributed by atoms with van der Waals surface area (Å²) in [6.45, 7) is 1.79. The van der Waals surface area contributed by atoms with Crippen molar-refractivity contribution in [2.24, 2.45) is 0 Å². The van der Waals surface area contributed by atoms with Crippen molar-refractivity contribution < 1.29 is 24.2 Å². The summed E-state index contributed by atoms with van der Waals surface area (Å²) in [6.07, 6.45) is 7.70. The molecule has 4 rings (SSSR count). The van der Waals surface area contributed by atoms with Crippen LogP contribution in [0.5, 0.6) is 5.75 Å². The van der Waals surface area contributed by atoms with Crippen molar-refractivity contribution in [3.8, 4) is 5.75 Å². The molecule has 1 aromatic carbocycles. The second-order valence-electron chi connectivity index (χ2n) is 9.54. The smallest absolute Gasteiger partial charge is 0.254 e. The summed E-state index contributed by atoms with van der Waals surface area (Å²) < 4.78 is 12.0. The van der Waals surface area contributed by atoms with Gasteiger partial charge < -0.3 is 24.8 Å². The summed E-state index contributed by atoms with van der Waals surface area (Å²) in [4.78, 5) is 28.0. The monoisotopic (exact) mass is 444 g/mol. The Morgan fingerprint density at radius 3 is 2.69 bits per heavy atom. The van der Waals surface area contributed by atoms with E-state index in [2.05, 4.69) is 11.4 Å². The maximum absolute atomic E-state index is 13.2. The topological polar surface area (TPSA) is 88.1 Å². The van der Waals surface area contributed by atoms with Gasteiger partial charge >= 0.3 is 0 Å². The highest BCUT2D eigenvalue weighted by Crippen LogP contribution is 2.33. The summed E-state index contributed by atoms with van der Waals surface area (Å²) in [7, 11) is 0. The Kier molecular flexibility index (Phi) is 7.36. The Labute approximate surface area is 190 Å². The number of amides is 2. The van der Waals surface area contributed by atoms with Crippen molar-refractivity contribution in [3.63, 3.8) is 0 Å². The fraction of sp³-hybridized carbons (Fsp3) is 0.680. The summed E-state index contributed by atoms with van der Waals surface area (Å²) in [6, 6.07) is 8.04. The molecule has 1 atom stereocenters. The molecule has 1 aromatic rings. The van der Waals surface area contributed by atoms with E-state index in [1.807, 2.05) is 18.2 Å². The Bertz CT molecular complexity index is 807. The zero-order valence-corrected chi connectivity index (χ0v) is 18.9. The molecule has 2 heterocycles. The van der Waals surface area contributed by atoms with Crippen molar-refractivity contribution in [1.82, 2.24) is 10.2 Å². The summed E-state index contributed by atoms with van der Waals surface area (Å²) in [5, 5.41) is 13.8. The average molecular weight is 445 g/mol. The fourth-order valence-corrected chi connectivity index (χ4v) is 5.24. The number of nitrogens with one attached hydrogen (secondary N) is 1. The lowest BCUT2D eigenvalue weighted by atomic mass is 9.82. The number of benzene rings is 1. The van der Waals surface area contributed by atoms with Crippen LogP contribution in [0.4, 0.5) is 0 Å². The number of carbonyl (C=O) groups is 2. The molecule has 1 aliphatic carbocycles. The van der Waals surface area contributed by atoms with Crippen LogP contribution < -0.4 is 10.1 Å². The van der Waals surface area contributed by atoms with Crippen LogP contribution in [0.2, 0.25) is 0 Å². The Balaban J connectivity index is 1.43. The minimum atomic E-state index is -1.04. The molecule has 2 aliphatic heterocycles. The molecule has 0 radical (unpaired) electrons. The van der Waals surface area contributed by atoms with E-state index in [-0.39, 0.29) is 24.8 Å². The second-order valence-corrected chi connectivity index (χ2v) is 9.54. The zero-order valence-electron chi connectivity index (χ0n) is 18.9. The molecule has 2 amide bonds. The van der Waals surface area contributed by atoms with Crippen LogP contribution in [0.25, 0.3) is 0 Å². The van der Waals surface area contributed by atoms with E-state index in [9.17, 15) is 14.7 Å². The molecule has 0 aromatic heterocycles. The van der Waals surface area contributed by atoms with E-state index in [4.69, 9.17) is 9.47 Å². The molecule has 7 heteroatoms. The fourth-order valence-electron chi connectivity index (χ4n) is 5.24. The molecule has 0 bridgehead atoms. The predicted molar refractivity (Wildman–Crippen MR) is 120 cm³/mol. The van der Waals surface area contributed by atoms with Crippen LogP contribution in [0, 0.1) is 0 Å². The van der Waals surface area contributed by atoms with E-state index in [0.717, 1.165) is 44.3 Å². The van der Waals surface area contributed by atoms with Gasteiger partial charge in [0, 0.05) is 6.54 Å². The van der Waals surface area contributed by atoms with E-state index < -0.39 is 11.2 Å². The minimum absolute atomic E-state index is 0.0757. The molecule has 1 unspecified atom stereocenters. The van der Waals surface area contributed by atoms with Gasteiger partial charge in [0.1, 0.15) is 12.4 Å². The molecule has 176 valence electrons. The van der Waals surface area contributed by atoms with Crippen molar-refractivity contribution in [3.05, 3.63) is 29.8 Å². The van der Waals surface area contributed by atoms with Crippen LogP contribution >= 0.6 is 0 Å². The third-order valence-electron chi connectivity index (χ3n) is 7.11. The van der Waals surface area contributed by atoms with Crippen molar-refractivity contribution in [2.45, 2.75) is 75.4 Å². The van der Waals surface area contributed by atoms with Crippen LogP contribution in [0.1, 0.15) is 63.4 Å². The molecule has 1 spiro atoms. The summed E-state index contributed by atoms with van der Waals surface area (Å²) in [5.41, 5.74) is -0.766. The Hall–Kier alpha value is -2.12. The normalized spacial score (nSPS) is 26.8. The number of rotatable bonds is 2. The maximum atomic E-state index is 13.2. The lowest BCUT2D eigenvalue weighted by Gasteiger charge is -2.43. The highest BCUT2D eigenvalue weighted by atomic mass is 16.5. The largest absolute Gasteiger partial charge is 0.491 e. The van der Waals surface area contributed by atoms with Crippen molar-refractivity contribution in [2.75, 3.05) is 32.8 Å². The van der Waals surface area contributed by atoms with Crippen LogP contribution in [0.15, 0.2) is 24.3 Å². The predicted octanol–water partition coefficient (Wildman–Crippen LogP) is 2.59. The van der Waals surface area contributed by atoms with Gasteiger partial charge in [-0.15, -0.1) is 0 Å². The first-order valence-corrected chi connectivity index (χ1v) is 12.1. The number of carbonyl (C=O) groups excluding carboxylic acids is 2. The number of hydrogen-bond acceptors (Lipinski definition) is 5. The lowest BCUT2D eigenvalue weighted by molar-refractivity contribution is -0.169. The highest BCUT2D eigenvalue weighted by molar-refractivity contribution is 5.87. The van der Waals surface area contributed by atoms with Crippen molar-refractivity contribution in [1.29, 1.82) is 0 Å². The molecule has 1 saturated carbocycles. The first-order chi connectivity index (χ1) is 15.5. The van der Waals surface area contributed by atoms with Gasteiger partial charge in [-0.1, -0.05) is 37.5 Å². The van der Waals surface area contributed by atoms with Crippen LogP contribution in [-0.2, 0) is 20.7 Å². The molecular formula is C25H36N2O5. The number of fused-ring (bicyclic) bond motifs is 1. The van der Waals surface area contributed by atoms with E-state index in [0.29, 0.717) is 45.6 Å². The lowest BCUT2D eigenvalue weighted by Crippen LogP contribution is -2.61. The molecule has 2 fully saturated rings. The number of aryl methyl sites for hydroxylation is 1. The standard InChI is InChI=1S/C25H36N2O5/c28-22(18-24(30)11-5-1-6-12-24)27-15-17-32-25(19-27)13-7-4-9-20-8-2-3-10-21(20)31-16-14-26-23(25)29/h2-3,8,10,30H,1,4-7,9,11-19H2,(H,26,29). The first-order valence-electron chi connectivity index (χ1n) is 12.1. The SMILES string of the molecule is O=C(CC1(O)CCCCC1)N1CCOC2(CCCCc3ccccc3OCCNC2=O)C1. The Morgan fingerprint density at radius 2 is 1.84 bits per heavy atom. The van der Waals surface area contributed by atoms with Gasteiger partial charge in [0.25, 0.3) is 5.91 Å². The minimum Gasteiger partial charge on any atom is -0.491 e. The van der Waals surface area contributed by atoms with Gasteiger partial charge in [0.15, 0.2) is 5.60 Å². The van der Waals surface area contributed by atoms with E-state index in [1.54, 1.807) is 4.90 Å². The molecule has 2 N–H and O–H groups in total. The molecule has 3 aliphatic rings. The van der Waals surface area contributed by atoms with Gasteiger partial charge in [-0.3, -0.25) is 9.59 Å². The third kappa shape index (κ3) is 5.44. The quantitative estimate of drug-likeness (QED) is 0.732. The van der Waals surface area contributed by atoms with Gasteiger partial charge in [0.05, 0.1) is 31.7 Å². The van der Waals surface area contributed by atoms with Crippen molar-refractivity contribution >= 4 is 11.8 Å². The molecule has 32 heavy (non-hydrogen) atoms. The number of aliphatic hydroxyl groups is 1. The van der Waals surface area contributed by atoms with Crippen LogP contribution in [0.3, 0.4) is 0 Å². The third-order valence-corrected chi connectivity index (χ3v) is 7.11. The van der Waals surface area contributed by atoms with Gasteiger partial charge in [-0.05, 0) is 50.2 Å². The van der Waals surface area contributed by atoms with Gasteiger partial charge in [0.2, 0.25) is 5.91 Å². The Morgan fingerprint density at radius 1 is 1.06 bits per heavy atom. The van der Waals surface area contributed by atoms with Gasteiger partial charge in [-0.25, -0.2) is 0 Å². The molecule has 7 nitrogen and oxygen atoms in total. The van der Waals surface area contributed by atoms with Crippen LogP contribution in [-0.4, -0.2) is 65.9 Å². The highest BCUT2D eigenvalue weighted by Gasteiger charge is 2.45. The second kappa shape index (κ2) is 10.2. The summed E-state index contributed by atoms with van der Waals surface area (Å²) >= 11 is 0. The van der Waals surface area contributed by atoms with Gasteiger partial charge in [-0.2, -0.15) is 0 Å². The number of para-hydroxylation sites is 1. The zero-order chi connectivity index (χ0) is 22.4. The number of hydrogen-bond donors (Lipinski definition) is 2. The number of ether oxygens (including phenoxy) is 2. The first kappa shape index (κ1) is 23.1.